The van der Waals surface area contributed by atoms with Gasteiger partial charge in [0, 0.05) is 16.1 Å². The van der Waals surface area contributed by atoms with Crippen molar-refractivity contribution in [2.24, 2.45) is 11.8 Å². The van der Waals surface area contributed by atoms with Gasteiger partial charge in [-0.05, 0) is 48.8 Å². The third-order valence-corrected chi connectivity index (χ3v) is 7.23. The van der Waals surface area contributed by atoms with Gasteiger partial charge in [-0.25, -0.2) is 4.90 Å². The minimum Gasteiger partial charge on any atom is -0.508 e. The van der Waals surface area contributed by atoms with E-state index >= 15 is 0 Å². The molecule has 3 N–H and O–H groups in total. The van der Waals surface area contributed by atoms with Gasteiger partial charge in [0.25, 0.3) is 0 Å². The van der Waals surface area contributed by atoms with Crippen molar-refractivity contribution in [3.8, 4) is 5.75 Å². The number of aromatic hydroxyl groups is 1. The summed E-state index contributed by atoms with van der Waals surface area (Å²) in [4.78, 5) is 40.7. The molecular formula is C22H21BrN2O5S. The first-order valence-corrected chi connectivity index (χ1v) is 11.9. The second kappa shape index (κ2) is 8.29. The van der Waals surface area contributed by atoms with E-state index in [0.29, 0.717) is 17.0 Å². The number of fused-ring (bicyclic) bond motifs is 1. The number of amides is 2. The number of hydrogen-bond donors (Lipinski definition) is 3. The molecular weight excluding hydrogens is 484 g/mol. The molecule has 0 saturated carbocycles. The highest BCUT2D eigenvalue weighted by Gasteiger charge is 2.68. The number of anilines is 1. The molecule has 0 spiro atoms. The number of thioether (sulfide) groups is 1. The van der Waals surface area contributed by atoms with E-state index in [1.807, 2.05) is 6.26 Å². The Bertz CT molecular complexity index is 1050. The number of rotatable bonds is 6. The van der Waals surface area contributed by atoms with Crippen LogP contribution in [0.2, 0.25) is 0 Å². The molecule has 4 unspecified atom stereocenters. The van der Waals surface area contributed by atoms with Crippen molar-refractivity contribution >= 4 is 51.2 Å². The Morgan fingerprint density at radius 2 is 1.84 bits per heavy atom. The lowest BCUT2D eigenvalue weighted by atomic mass is 9.78. The van der Waals surface area contributed by atoms with E-state index in [1.54, 1.807) is 42.5 Å². The fourth-order valence-corrected chi connectivity index (χ4v) is 5.45. The maximum absolute atomic E-state index is 13.5. The molecule has 2 saturated heterocycles. The fraction of sp³-hybridized carbons (Fsp3) is 0.318. The average molecular weight is 505 g/mol. The Morgan fingerprint density at radius 3 is 2.45 bits per heavy atom. The Kier molecular flexibility index (Phi) is 5.85. The normalized spacial score (nSPS) is 27.5. The summed E-state index contributed by atoms with van der Waals surface area (Å²) < 4.78 is 0.796. The van der Waals surface area contributed by atoms with Gasteiger partial charge < -0.3 is 10.2 Å². The van der Waals surface area contributed by atoms with E-state index in [4.69, 9.17) is 0 Å². The van der Waals surface area contributed by atoms with Gasteiger partial charge in [-0.15, -0.1) is 0 Å². The first kappa shape index (κ1) is 21.9. The van der Waals surface area contributed by atoms with Crippen molar-refractivity contribution in [3.63, 3.8) is 0 Å². The van der Waals surface area contributed by atoms with Gasteiger partial charge in [0.2, 0.25) is 11.8 Å². The standard InChI is InChI=1S/C22H21BrN2O5S/c1-31-11-10-22(21(29)30)17-16(18(24-22)14-4-2-3-5-15(14)26)19(27)25(20(17)28)13-8-6-12(23)7-9-13/h2-9,16-18,24,26H,10-11H2,1H3,(H,29,30). The van der Waals surface area contributed by atoms with Crippen LogP contribution in [0.25, 0.3) is 0 Å². The molecule has 9 heteroatoms. The van der Waals surface area contributed by atoms with E-state index in [0.717, 1.165) is 9.37 Å². The van der Waals surface area contributed by atoms with E-state index in [9.17, 15) is 24.6 Å². The number of carbonyl (C=O) groups is 3. The summed E-state index contributed by atoms with van der Waals surface area (Å²) in [5, 5.41) is 23.8. The third kappa shape index (κ3) is 3.44. The van der Waals surface area contributed by atoms with Gasteiger partial charge in [0.1, 0.15) is 11.3 Å². The number of carboxylic acids is 1. The van der Waals surface area contributed by atoms with Crippen molar-refractivity contribution in [3.05, 3.63) is 58.6 Å². The quantitative estimate of drug-likeness (QED) is 0.518. The predicted octanol–water partition coefficient (Wildman–Crippen LogP) is 3.18. The van der Waals surface area contributed by atoms with Crippen molar-refractivity contribution < 1.29 is 24.6 Å². The molecule has 0 radical (unpaired) electrons. The number of hydrogen-bond acceptors (Lipinski definition) is 6. The molecule has 4 rings (SSSR count). The van der Waals surface area contributed by atoms with Gasteiger partial charge >= 0.3 is 5.97 Å². The number of para-hydroxylation sites is 1. The zero-order valence-corrected chi connectivity index (χ0v) is 19.0. The summed E-state index contributed by atoms with van der Waals surface area (Å²) in [6, 6.07) is 12.4. The molecule has 31 heavy (non-hydrogen) atoms. The zero-order valence-electron chi connectivity index (χ0n) is 16.6. The number of carboxylic acid groups (broad SMARTS) is 1. The minimum atomic E-state index is -1.61. The van der Waals surface area contributed by atoms with E-state index in [2.05, 4.69) is 21.2 Å². The van der Waals surface area contributed by atoms with Crippen LogP contribution in [0.3, 0.4) is 0 Å². The van der Waals surface area contributed by atoms with E-state index in [-0.39, 0.29) is 12.2 Å². The number of imide groups is 1. The Labute approximate surface area is 191 Å². The lowest BCUT2D eigenvalue weighted by molar-refractivity contribution is -0.148. The van der Waals surface area contributed by atoms with Crippen molar-refractivity contribution in [2.45, 2.75) is 18.0 Å². The highest BCUT2D eigenvalue weighted by Crippen LogP contribution is 2.52. The van der Waals surface area contributed by atoms with Gasteiger partial charge in [-0.3, -0.25) is 19.7 Å². The number of nitrogens with zero attached hydrogens (tertiary/aromatic N) is 1. The lowest BCUT2D eigenvalue weighted by Crippen LogP contribution is -2.56. The van der Waals surface area contributed by atoms with Crippen LogP contribution in [-0.4, -0.2) is 45.5 Å². The molecule has 0 bridgehead atoms. The summed E-state index contributed by atoms with van der Waals surface area (Å²) in [6.45, 7) is 0. The van der Waals surface area contributed by atoms with Gasteiger partial charge in [-0.2, -0.15) is 11.8 Å². The first-order valence-electron chi connectivity index (χ1n) is 9.73. The number of halogens is 1. The lowest BCUT2D eigenvalue weighted by Gasteiger charge is -2.31. The van der Waals surface area contributed by atoms with Gasteiger partial charge in [0.05, 0.1) is 17.5 Å². The van der Waals surface area contributed by atoms with Crippen LogP contribution < -0.4 is 10.2 Å². The number of nitrogens with one attached hydrogen (secondary N) is 1. The van der Waals surface area contributed by atoms with Crippen LogP contribution in [-0.2, 0) is 14.4 Å². The van der Waals surface area contributed by atoms with Crippen molar-refractivity contribution in [1.82, 2.24) is 5.32 Å². The van der Waals surface area contributed by atoms with Crippen molar-refractivity contribution in [2.75, 3.05) is 16.9 Å². The van der Waals surface area contributed by atoms with Crippen LogP contribution in [0.15, 0.2) is 53.0 Å². The molecule has 2 aliphatic heterocycles. The van der Waals surface area contributed by atoms with E-state index < -0.39 is 41.2 Å². The second-order valence-electron chi connectivity index (χ2n) is 7.69. The predicted molar refractivity (Wildman–Crippen MR) is 121 cm³/mol. The number of aliphatic carboxylic acids is 1. The van der Waals surface area contributed by atoms with Crippen molar-refractivity contribution in [1.29, 1.82) is 0 Å². The number of phenolic OH excluding ortho intramolecular Hbond substituents is 1. The monoisotopic (exact) mass is 504 g/mol. The van der Waals surface area contributed by atoms with E-state index in [1.165, 1.54) is 17.8 Å². The zero-order chi connectivity index (χ0) is 22.3. The second-order valence-corrected chi connectivity index (χ2v) is 9.59. The Hall–Kier alpha value is -2.36. The molecule has 2 aromatic rings. The Morgan fingerprint density at radius 1 is 1.16 bits per heavy atom. The van der Waals surface area contributed by atoms with Crippen LogP contribution in [0, 0.1) is 11.8 Å². The summed E-state index contributed by atoms with van der Waals surface area (Å²) in [5.41, 5.74) is -0.811. The largest absolute Gasteiger partial charge is 0.508 e. The average Bonchev–Trinajstić information content (AvgIpc) is 3.22. The Balaban J connectivity index is 1.86. The smallest absolute Gasteiger partial charge is 0.324 e. The van der Waals surface area contributed by atoms with Crippen LogP contribution in [0.1, 0.15) is 18.0 Å². The summed E-state index contributed by atoms with van der Waals surface area (Å²) in [6.07, 6.45) is 2.03. The van der Waals surface area contributed by atoms with Crippen LogP contribution >= 0.6 is 27.7 Å². The minimum absolute atomic E-state index is 0.0489. The summed E-state index contributed by atoms with van der Waals surface area (Å²) >= 11 is 4.81. The summed E-state index contributed by atoms with van der Waals surface area (Å²) in [5.74, 6) is -3.76. The molecule has 0 aromatic heterocycles. The maximum Gasteiger partial charge on any atom is 0.324 e. The topological polar surface area (TPSA) is 107 Å². The molecule has 0 aliphatic carbocycles. The maximum atomic E-state index is 13.5. The molecule has 2 heterocycles. The number of phenols is 1. The van der Waals surface area contributed by atoms with Gasteiger partial charge in [-0.1, -0.05) is 34.1 Å². The highest BCUT2D eigenvalue weighted by molar-refractivity contribution is 9.10. The molecule has 2 amide bonds. The molecule has 2 fully saturated rings. The molecule has 2 aromatic carbocycles. The molecule has 162 valence electrons. The SMILES string of the molecule is CSCCC1(C(=O)O)NC(c2ccccc2O)C2C(=O)N(c3ccc(Br)cc3)C(=O)C21. The molecule has 4 atom stereocenters. The van der Waals surface area contributed by atoms with Crippen LogP contribution in [0.4, 0.5) is 5.69 Å². The highest BCUT2D eigenvalue weighted by atomic mass is 79.9. The molecule has 7 nitrogen and oxygen atoms in total. The fourth-order valence-electron chi connectivity index (χ4n) is 4.66. The number of carbonyl (C=O) groups excluding carboxylic acids is 2. The van der Waals surface area contributed by atoms with Gasteiger partial charge in [0.15, 0.2) is 0 Å². The first-order chi connectivity index (χ1) is 14.8. The summed E-state index contributed by atoms with van der Waals surface area (Å²) in [7, 11) is 0. The third-order valence-electron chi connectivity index (χ3n) is 6.09. The number of benzene rings is 2. The molecule has 2 aliphatic rings. The van der Waals surface area contributed by atoms with Crippen LogP contribution in [0.5, 0.6) is 5.75 Å².